The Kier molecular flexibility index (Phi) is 4.75. The van der Waals surface area contributed by atoms with Gasteiger partial charge in [0.2, 0.25) is 0 Å². The minimum Gasteiger partial charge on any atom is -0.466 e. The number of hydrogen-bond donors (Lipinski definition) is 1. The number of carbonyl (C=O) groups is 1. The summed E-state index contributed by atoms with van der Waals surface area (Å²) in [6.07, 6.45) is -4.07. The van der Waals surface area contributed by atoms with E-state index in [4.69, 9.17) is 4.74 Å². The van der Waals surface area contributed by atoms with Crippen molar-refractivity contribution in [3.05, 3.63) is 50.9 Å². The van der Waals surface area contributed by atoms with Crippen LogP contribution in [0, 0.1) is 13.8 Å². The third-order valence-electron chi connectivity index (χ3n) is 4.74. The Morgan fingerprint density at radius 1 is 1.22 bits per heavy atom. The van der Waals surface area contributed by atoms with E-state index in [1.165, 1.54) is 6.07 Å². The van der Waals surface area contributed by atoms with Crippen molar-refractivity contribution >= 4 is 22.5 Å². The molecule has 8 heteroatoms. The van der Waals surface area contributed by atoms with Gasteiger partial charge in [0.15, 0.2) is 0 Å². The molecule has 2 aromatic heterocycles. The summed E-state index contributed by atoms with van der Waals surface area (Å²) in [5.41, 5.74) is 1.89. The highest BCUT2D eigenvalue weighted by molar-refractivity contribution is 5.81. The van der Waals surface area contributed by atoms with Crippen LogP contribution in [0.3, 0.4) is 0 Å². The maximum atomic E-state index is 13.0. The minimum absolute atomic E-state index is 0.0923. The van der Waals surface area contributed by atoms with Crippen LogP contribution in [0.1, 0.15) is 35.7 Å². The zero-order chi connectivity index (χ0) is 19.9. The van der Waals surface area contributed by atoms with Crippen molar-refractivity contribution in [2.75, 3.05) is 6.61 Å². The van der Waals surface area contributed by atoms with E-state index in [-0.39, 0.29) is 24.5 Å². The summed E-state index contributed by atoms with van der Waals surface area (Å²) in [5.74, 6) is -0.363. The molecule has 0 unspecified atom stereocenters. The van der Waals surface area contributed by atoms with Crippen LogP contribution < -0.4 is 5.56 Å². The Morgan fingerprint density at radius 3 is 2.56 bits per heavy atom. The lowest BCUT2D eigenvalue weighted by atomic mass is 10.1. The number of ether oxygens (including phenoxy) is 1. The standard InChI is InChI=1S/C19H19F3N2O3/c1-4-27-16(25)8-7-14-10(2)11(3)17-18(26)23-13-9-12(19(20,21)22)5-6-15(13)24(14)17/h5-6,9H,4,7-8H2,1-3H3,(H,23,26). The van der Waals surface area contributed by atoms with E-state index in [1.54, 1.807) is 18.2 Å². The lowest BCUT2D eigenvalue weighted by Gasteiger charge is -2.11. The molecule has 3 rings (SSSR count). The van der Waals surface area contributed by atoms with Crippen molar-refractivity contribution in [2.45, 2.75) is 39.8 Å². The number of halogens is 3. The fourth-order valence-corrected chi connectivity index (χ4v) is 3.34. The number of H-pyrrole nitrogens is 1. The van der Waals surface area contributed by atoms with Crippen LogP contribution in [-0.4, -0.2) is 22.0 Å². The van der Waals surface area contributed by atoms with Crippen molar-refractivity contribution in [3.8, 4) is 0 Å². The quantitative estimate of drug-likeness (QED) is 0.698. The first-order chi connectivity index (χ1) is 12.6. The summed E-state index contributed by atoms with van der Waals surface area (Å²) in [6.45, 7) is 5.60. The largest absolute Gasteiger partial charge is 0.466 e. The molecule has 0 bridgehead atoms. The summed E-state index contributed by atoms with van der Waals surface area (Å²) in [6, 6.07) is 3.25. The van der Waals surface area contributed by atoms with Crippen molar-refractivity contribution in [1.29, 1.82) is 0 Å². The van der Waals surface area contributed by atoms with Crippen molar-refractivity contribution < 1.29 is 22.7 Å². The van der Waals surface area contributed by atoms with Gasteiger partial charge in [-0.3, -0.25) is 9.59 Å². The highest BCUT2D eigenvalue weighted by Crippen LogP contribution is 2.32. The molecule has 0 fully saturated rings. The first-order valence-corrected chi connectivity index (χ1v) is 8.54. The van der Waals surface area contributed by atoms with E-state index in [0.717, 1.165) is 23.3 Å². The van der Waals surface area contributed by atoms with Crippen LogP contribution in [0.2, 0.25) is 0 Å². The molecule has 0 amide bonds. The van der Waals surface area contributed by atoms with Gasteiger partial charge in [-0.05, 0) is 56.5 Å². The Hall–Kier alpha value is -2.77. The summed E-state index contributed by atoms with van der Waals surface area (Å²) < 4.78 is 45.6. The van der Waals surface area contributed by atoms with Gasteiger partial charge in [-0.2, -0.15) is 13.2 Å². The highest BCUT2D eigenvalue weighted by atomic mass is 19.4. The van der Waals surface area contributed by atoms with Gasteiger partial charge in [0.05, 0.1) is 29.6 Å². The number of nitrogens with one attached hydrogen (secondary N) is 1. The summed E-state index contributed by atoms with van der Waals surface area (Å²) in [7, 11) is 0. The lowest BCUT2D eigenvalue weighted by Crippen LogP contribution is -2.14. The van der Waals surface area contributed by atoms with Gasteiger partial charge in [0.1, 0.15) is 5.52 Å². The molecule has 144 valence electrons. The van der Waals surface area contributed by atoms with Gasteiger partial charge in [-0.25, -0.2) is 0 Å². The monoisotopic (exact) mass is 380 g/mol. The zero-order valence-corrected chi connectivity index (χ0v) is 15.2. The molecule has 0 radical (unpaired) electrons. The Balaban J connectivity index is 2.24. The summed E-state index contributed by atoms with van der Waals surface area (Å²) in [5, 5.41) is 0. The molecule has 5 nitrogen and oxygen atoms in total. The SMILES string of the molecule is CCOC(=O)CCc1c(C)c(C)c2c(=O)[nH]c3cc(C(F)(F)F)ccc3n12. The molecule has 0 saturated carbocycles. The Morgan fingerprint density at radius 2 is 1.93 bits per heavy atom. The number of rotatable bonds is 4. The summed E-state index contributed by atoms with van der Waals surface area (Å²) in [4.78, 5) is 26.8. The summed E-state index contributed by atoms with van der Waals surface area (Å²) >= 11 is 0. The third-order valence-corrected chi connectivity index (χ3v) is 4.74. The lowest BCUT2D eigenvalue weighted by molar-refractivity contribution is -0.143. The normalized spacial score (nSPS) is 12.1. The van der Waals surface area contributed by atoms with E-state index in [2.05, 4.69) is 4.98 Å². The van der Waals surface area contributed by atoms with Crippen LogP contribution in [0.15, 0.2) is 23.0 Å². The molecule has 0 aliphatic rings. The Bertz CT molecular complexity index is 1090. The second kappa shape index (κ2) is 6.75. The number of fused-ring (bicyclic) bond motifs is 3. The number of aromatic nitrogens is 2. The predicted molar refractivity (Wildman–Crippen MR) is 95.0 cm³/mol. The van der Waals surface area contributed by atoms with E-state index >= 15 is 0 Å². The maximum absolute atomic E-state index is 13.0. The second-order valence-electron chi connectivity index (χ2n) is 6.37. The number of aryl methyl sites for hydroxylation is 2. The Labute approximate surface area is 152 Å². The molecule has 27 heavy (non-hydrogen) atoms. The van der Waals surface area contributed by atoms with Crippen LogP contribution in [0.5, 0.6) is 0 Å². The average molecular weight is 380 g/mol. The molecule has 0 saturated heterocycles. The first kappa shape index (κ1) is 19.0. The number of hydrogen-bond acceptors (Lipinski definition) is 3. The van der Waals surface area contributed by atoms with Crippen LogP contribution >= 0.6 is 0 Å². The fourth-order valence-electron chi connectivity index (χ4n) is 3.34. The van der Waals surface area contributed by atoms with Crippen molar-refractivity contribution in [1.82, 2.24) is 9.38 Å². The molecular weight excluding hydrogens is 361 g/mol. The number of nitrogens with zero attached hydrogens (tertiary/aromatic N) is 1. The van der Waals surface area contributed by atoms with Crippen molar-refractivity contribution in [3.63, 3.8) is 0 Å². The molecule has 1 N–H and O–H groups in total. The van der Waals surface area contributed by atoms with Gasteiger partial charge < -0.3 is 14.1 Å². The molecule has 0 aliphatic carbocycles. The van der Waals surface area contributed by atoms with Crippen LogP contribution in [0.4, 0.5) is 13.2 Å². The van der Waals surface area contributed by atoms with Gasteiger partial charge in [0, 0.05) is 5.69 Å². The predicted octanol–water partition coefficient (Wildman–Crippen LogP) is 3.91. The number of alkyl halides is 3. The first-order valence-electron chi connectivity index (χ1n) is 8.54. The van der Waals surface area contributed by atoms with Gasteiger partial charge >= 0.3 is 12.1 Å². The zero-order valence-electron chi connectivity index (χ0n) is 15.2. The number of benzene rings is 1. The highest BCUT2D eigenvalue weighted by Gasteiger charge is 2.31. The molecule has 1 aromatic carbocycles. The van der Waals surface area contributed by atoms with Gasteiger partial charge in [-0.15, -0.1) is 0 Å². The number of aromatic amines is 1. The minimum atomic E-state index is -4.50. The molecule has 2 heterocycles. The number of carbonyl (C=O) groups excluding carboxylic acids is 1. The molecule has 0 spiro atoms. The van der Waals surface area contributed by atoms with Gasteiger partial charge in [0.25, 0.3) is 5.56 Å². The molecule has 0 atom stereocenters. The molecular formula is C19H19F3N2O3. The smallest absolute Gasteiger partial charge is 0.416 e. The van der Waals surface area contributed by atoms with E-state index in [9.17, 15) is 22.8 Å². The van der Waals surface area contributed by atoms with Crippen LogP contribution in [0.25, 0.3) is 16.6 Å². The van der Waals surface area contributed by atoms with E-state index in [0.29, 0.717) is 23.1 Å². The maximum Gasteiger partial charge on any atom is 0.416 e. The van der Waals surface area contributed by atoms with E-state index in [1.807, 2.05) is 6.92 Å². The topological polar surface area (TPSA) is 63.6 Å². The fraction of sp³-hybridized carbons (Fsp3) is 0.368. The van der Waals surface area contributed by atoms with Crippen LogP contribution in [-0.2, 0) is 22.1 Å². The molecule has 0 aliphatic heterocycles. The second-order valence-corrected chi connectivity index (χ2v) is 6.37. The van der Waals surface area contributed by atoms with E-state index < -0.39 is 17.3 Å². The molecule has 3 aromatic rings. The number of esters is 1. The van der Waals surface area contributed by atoms with Crippen molar-refractivity contribution in [2.24, 2.45) is 0 Å². The average Bonchev–Trinajstić information content (AvgIpc) is 2.84. The van der Waals surface area contributed by atoms with Gasteiger partial charge in [-0.1, -0.05) is 0 Å². The third kappa shape index (κ3) is 3.31.